The van der Waals surface area contributed by atoms with Crippen LogP contribution in [0.5, 0.6) is 0 Å². The predicted molar refractivity (Wildman–Crippen MR) is 99.7 cm³/mol. The third kappa shape index (κ3) is 2.92. The van der Waals surface area contributed by atoms with E-state index in [1.165, 1.54) is 0 Å². The molecule has 1 atom stereocenters. The van der Waals surface area contributed by atoms with Gasteiger partial charge >= 0.3 is 0 Å². The molecule has 3 aromatic heterocycles. The maximum Gasteiger partial charge on any atom is 0.164 e. The first-order valence-electron chi connectivity index (χ1n) is 8.24. The van der Waals surface area contributed by atoms with Crippen molar-refractivity contribution in [2.75, 3.05) is 29.9 Å². The van der Waals surface area contributed by atoms with E-state index in [-0.39, 0.29) is 0 Å². The monoisotopic (exact) mass is 402 g/mol. The molecule has 8 nitrogen and oxygen atoms in total. The molecule has 0 spiro atoms. The van der Waals surface area contributed by atoms with Gasteiger partial charge in [0.1, 0.15) is 16.7 Å². The van der Waals surface area contributed by atoms with Crippen molar-refractivity contribution in [2.45, 2.75) is 18.9 Å². The molecule has 0 N–H and O–H groups in total. The Morgan fingerprint density at radius 3 is 3.04 bits per heavy atom. The number of fused-ring (bicyclic) bond motifs is 1. The Balaban J connectivity index is 1.61. The van der Waals surface area contributed by atoms with E-state index in [4.69, 9.17) is 0 Å². The maximum atomic E-state index is 4.51. The molecule has 1 aliphatic rings. The summed E-state index contributed by atoms with van der Waals surface area (Å²) in [6, 6.07) is 4.33. The van der Waals surface area contributed by atoms with Gasteiger partial charge in [-0.15, -0.1) is 5.10 Å². The minimum Gasteiger partial charge on any atom is -0.357 e. The van der Waals surface area contributed by atoms with Crippen molar-refractivity contribution in [1.29, 1.82) is 0 Å². The fraction of sp³-hybridized carbons (Fsp3) is 0.438. The summed E-state index contributed by atoms with van der Waals surface area (Å²) in [5, 5.41) is 13.6. The fourth-order valence-corrected chi connectivity index (χ4v) is 4.08. The van der Waals surface area contributed by atoms with Crippen LogP contribution in [0.25, 0.3) is 11.0 Å². The van der Waals surface area contributed by atoms with Crippen LogP contribution in [0.3, 0.4) is 0 Å². The van der Waals surface area contributed by atoms with E-state index in [2.05, 4.69) is 58.0 Å². The molecule has 3 aromatic rings. The summed E-state index contributed by atoms with van der Waals surface area (Å²) in [5.41, 5.74) is 0.820. The Hall–Kier alpha value is -2.29. The highest BCUT2D eigenvalue weighted by molar-refractivity contribution is 9.10. The number of anilines is 2. The van der Waals surface area contributed by atoms with Crippen LogP contribution < -0.4 is 9.80 Å². The zero-order valence-corrected chi connectivity index (χ0v) is 15.8. The van der Waals surface area contributed by atoms with Crippen molar-refractivity contribution in [2.24, 2.45) is 7.05 Å². The highest BCUT2D eigenvalue weighted by Gasteiger charge is 2.28. The van der Waals surface area contributed by atoms with Gasteiger partial charge < -0.3 is 9.80 Å². The average Bonchev–Trinajstić information content (AvgIpc) is 3.20. The molecule has 4 rings (SSSR count). The molecule has 0 radical (unpaired) electrons. The lowest BCUT2D eigenvalue weighted by Crippen LogP contribution is -2.39. The first-order chi connectivity index (χ1) is 12.1. The molecule has 1 unspecified atom stereocenters. The largest absolute Gasteiger partial charge is 0.357 e. The van der Waals surface area contributed by atoms with Gasteiger partial charge in [0.2, 0.25) is 0 Å². The minimum absolute atomic E-state index is 0.377. The summed E-state index contributed by atoms with van der Waals surface area (Å²) >= 11 is 3.53. The molecule has 130 valence electrons. The zero-order valence-electron chi connectivity index (χ0n) is 14.2. The number of aryl methyl sites for hydroxylation is 1. The first-order valence-corrected chi connectivity index (χ1v) is 9.03. The highest BCUT2D eigenvalue weighted by atomic mass is 79.9. The van der Waals surface area contributed by atoms with Crippen molar-refractivity contribution in [1.82, 2.24) is 29.9 Å². The molecule has 0 aromatic carbocycles. The van der Waals surface area contributed by atoms with Crippen LogP contribution in [-0.4, -0.2) is 56.1 Å². The Morgan fingerprint density at radius 2 is 2.24 bits per heavy atom. The lowest BCUT2D eigenvalue weighted by molar-refractivity contribution is 0.644. The van der Waals surface area contributed by atoms with Crippen molar-refractivity contribution in [3.63, 3.8) is 0 Å². The minimum atomic E-state index is 0.377. The van der Waals surface area contributed by atoms with Gasteiger partial charge in [-0.25, -0.2) is 14.6 Å². The van der Waals surface area contributed by atoms with Gasteiger partial charge in [0.05, 0.1) is 5.39 Å². The number of halogens is 1. The van der Waals surface area contributed by atoms with Crippen LogP contribution in [0.1, 0.15) is 12.8 Å². The summed E-state index contributed by atoms with van der Waals surface area (Å²) in [5.74, 6) is 1.82. The fourth-order valence-electron chi connectivity index (χ4n) is 3.49. The van der Waals surface area contributed by atoms with Gasteiger partial charge in [-0.3, -0.25) is 0 Å². The number of hydrogen-bond acceptors (Lipinski definition) is 7. The van der Waals surface area contributed by atoms with Crippen LogP contribution in [0.15, 0.2) is 29.3 Å². The van der Waals surface area contributed by atoms with E-state index < -0.39 is 0 Å². The zero-order chi connectivity index (χ0) is 17.4. The molecule has 1 saturated heterocycles. The molecule has 0 saturated carbocycles. The van der Waals surface area contributed by atoms with E-state index in [0.717, 1.165) is 53.2 Å². The molecule has 0 aliphatic carbocycles. The Labute approximate surface area is 154 Å². The molecule has 4 heterocycles. The Kier molecular flexibility index (Phi) is 4.24. The van der Waals surface area contributed by atoms with E-state index >= 15 is 0 Å². The number of hydrogen-bond donors (Lipinski definition) is 0. The number of aromatic nitrogens is 6. The van der Waals surface area contributed by atoms with Crippen LogP contribution in [0.2, 0.25) is 0 Å². The molecule has 1 fully saturated rings. The number of nitrogens with zero attached hydrogens (tertiary/aromatic N) is 8. The normalized spacial score (nSPS) is 17.4. The second-order valence-corrected chi connectivity index (χ2v) is 7.01. The van der Waals surface area contributed by atoms with Gasteiger partial charge in [0, 0.05) is 39.4 Å². The van der Waals surface area contributed by atoms with Gasteiger partial charge in [0.15, 0.2) is 11.5 Å². The average molecular weight is 403 g/mol. The quantitative estimate of drug-likeness (QED) is 0.660. The Morgan fingerprint density at radius 1 is 1.36 bits per heavy atom. The summed E-state index contributed by atoms with van der Waals surface area (Å²) in [6.45, 7) is 1.86. The second-order valence-electron chi connectivity index (χ2n) is 6.26. The molecular formula is C16H19BrN8. The van der Waals surface area contributed by atoms with Crippen LogP contribution in [0, 0.1) is 0 Å². The topological polar surface area (TPSA) is 75.9 Å². The molecule has 1 aliphatic heterocycles. The summed E-state index contributed by atoms with van der Waals surface area (Å²) in [4.78, 5) is 13.4. The second kappa shape index (κ2) is 6.55. The number of rotatable bonds is 4. The highest BCUT2D eigenvalue weighted by Crippen LogP contribution is 2.30. The van der Waals surface area contributed by atoms with Gasteiger partial charge in [0.25, 0.3) is 0 Å². The number of likely N-dealkylation sites (N-methyl/N-ethyl adjacent to an activating group) is 1. The van der Waals surface area contributed by atoms with Crippen LogP contribution in [0.4, 0.5) is 11.6 Å². The molecular weight excluding hydrogens is 384 g/mol. The summed E-state index contributed by atoms with van der Waals surface area (Å²) < 4.78 is 2.53. The van der Waals surface area contributed by atoms with Crippen molar-refractivity contribution >= 4 is 38.6 Å². The standard InChI is InChI=1S/C16H19BrN8/c1-23(15-13-14(17)22-24(2)16(13)19-10-18-15)9-11-5-4-8-25(11)12-6-3-7-20-21-12/h3,6-7,10-11H,4-5,8-9H2,1-2H3. The van der Waals surface area contributed by atoms with E-state index in [1.54, 1.807) is 17.2 Å². The molecule has 9 heteroatoms. The summed E-state index contributed by atoms with van der Waals surface area (Å²) in [6.07, 6.45) is 5.59. The van der Waals surface area contributed by atoms with Gasteiger partial charge in [-0.05, 0) is 40.9 Å². The third-order valence-corrected chi connectivity index (χ3v) is 5.19. The smallest absolute Gasteiger partial charge is 0.164 e. The molecule has 0 bridgehead atoms. The maximum absolute atomic E-state index is 4.51. The van der Waals surface area contributed by atoms with Crippen molar-refractivity contribution in [3.8, 4) is 0 Å². The van der Waals surface area contributed by atoms with Crippen molar-refractivity contribution < 1.29 is 0 Å². The van der Waals surface area contributed by atoms with Gasteiger partial charge in [-0.1, -0.05) is 0 Å². The van der Waals surface area contributed by atoms with Gasteiger partial charge in [-0.2, -0.15) is 10.2 Å². The predicted octanol–water partition coefficient (Wildman–Crippen LogP) is 2.02. The van der Waals surface area contributed by atoms with E-state index in [9.17, 15) is 0 Å². The molecule has 25 heavy (non-hydrogen) atoms. The Bertz CT molecular complexity index is 880. The molecule has 0 amide bonds. The van der Waals surface area contributed by atoms with Crippen LogP contribution in [-0.2, 0) is 7.05 Å². The first kappa shape index (κ1) is 16.2. The van der Waals surface area contributed by atoms with Crippen LogP contribution >= 0.6 is 15.9 Å². The summed E-state index contributed by atoms with van der Waals surface area (Å²) in [7, 11) is 3.95. The van der Waals surface area contributed by atoms with Crippen molar-refractivity contribution in [3.05, 3.63) is 29.3 Å². The SMILES string of the molecule is CN(CC1CCCN1c1cccnn1)c1ncnc2c1c(Br)nn2C. The lowest BCUT2D eigenvalue weighted by Gasteiger charge is -2.29. The van der Waals surface area contributed by atoms with E-state index in [1.807, 2.05) is 19.2 Å². The third-order valence-electron chi connectivity index (χ3n) is 4.63. The lowest BCUT2D eigenvalue weighted by atomic mass is 10.2. The van der Waals surface area contributed by atoms with E-state index in [0.29, 0.717) is 6.04 Å².